The van der Waals surface area contributed by atoms with Crippen molar-refractivity contribution in [2.24, 2.45) is 0 Å². The molecule has 0 atom stereocenters. The third kappa shape index (κ3) is 2.67. The SMILES string of the molecule is CCOCCCC1(O)CC1. The highest BCUT2D eigenvalue weighted by atomic mass is 16.5. The molecule has 1 aliphatic carbocycles. The van der Waals surface area contributed by atoms with Crippen LogP contribution in [0.3, 0.4) is 0 Å². The van der Waals surface area contributed by atoms with Gasteiger partial charge in [0, 0.05) is 13.2 Å². The third-order valence-electron chi connectivity index (χ3n) is 1.96. The van der Waals surface area contributed by atoms with Gasteiger partial charge in [-0.1, -0.05) is 0 Å². The minimum absolute atomic E-state index is 0.281. The second kappa shape index (κ2) is 3.35. The monoisotopic (exact) mass is 144 g/mol. The zero-order chi connectivity index (χ0) is 7.45. The predicted molar refractivity (Wildman–Crippen MR) is 39.9 cm³/mol. The Bertz CT molecular complexity index is 97.4. The molecule has 2 heteroatoms. The van der Waals surface area contributed by atoms with E-state index >= 15 is 0 Å². The first-order chi connectivity index (χ1) is 4.77. The van der Waals surface area contributed by atoms with Crippen LogP contribution in [-0.2, 0) is 4.74 Å². The lowest BCUT2D eigenvalue weighted by Crippen LogP contribution is -2.07. The van der Waals surface area contributed by atoms with E-state index < -0.39 is 0 Å². The number of rotatable bonds is 5. The van der Waals surface area contributed by atoms with Crippen LogP contribution >= 0.6 is 0 Å². The lowest BCUT2D eigenvalue weighted by Gasteiger charge is -2.05. The van der Waals surface area contributed by atoms with Crippen LogP contribution in [-0.4, -0.2) is 23.9 Å². The summed E-state index contributed by atoms with van der Waals surface area (Å²) >= 11 is 0. The summed E-state index contributed by atoms with van der Waals surface area (Å²) in [4.78, 5) is 0. The first kappa shape index (κ1) is 8.02. The first-order valence-corrected chi connectivity index (χ1v) is 4.07. The molecule has 10 heavy (non-hydrogen) atoms. The van der Waals surface area contributed by atoms with Crippen molar-refractivity contribution in [3.63, 3.8) is 0 Å². The highest BCUT2D eigenvalue weighted by molar-refractivity contribution is 4.92. The first-order valence-electron chi connectivity index (χ1n) is 4.07. The van der Waals surface area contributed by atoms with E-state index in [1.54, 1.807) is 0 Å². The second-order valence-electron chi connectivity index (χ2n) is 3.02. The van der Waals surface area contributed by atoms with E-state index in [-0.39, 0.29) is 5.60 Å². The molecule has 1 N–H and O–H groups in total. The van der Waals surface area contributed by atoms with E-state index in [9.17, 15) is 5.11 Å². The van der Waals surface area contributed by atoms with E-state index in [0.29, 0.717) is 0 Å². The molecule has 0 amide bonds. The summed E-state index contributed by atoms with van der Waals surface area (Å²) in [6, 6.07) is 0. The minimum atomic E-state index is -0.281. The van der Waals surface area contributed by atoms with Crippen LogP contribution in [0.5, 0.6) is 0 Å². The third-order valence-corrected chi connectivity index (χ3v) is 1.96. The number of hydrogen-bond donors (Lipinski definition) is 1. The Morgan fingerprint density at radius 1 is 1.50 bits per heavy atom. The van der Waals surface area contributed by atoms with Gasteiger partial charge in [-0.05, 0) is 32.6 Å². The molecule has 1 fully saturated rings. The molecule has 0 aromatic rings. The minimum Gasteiger partial charge on any atom is -0.390 e. The maximum absolute atomic E-state index is 9.37. The normalized spacial score (nSPS) is 21.0. The van der Waals surface area contributed by atoms with Crippen molar-refractivity contribution in [2.45, 2.75) is 38.2 Å². The highest BCUT2D eigenvalue weighted by Gasteiger charge is 2.39. The Balaban J connectivity index is 1.86. The maximum Gasteiger partial charge on any atom is 0.0650 e. The molecular formula is C8H16O2. The molecule has 2 nitrogen and oxygen atoms in total. The summed E-state index contributed by atoms with van der Waals surface area (Å²) in [6.07, 6.45) is 3.93. The topological polar surface area (TPSA) is 29.5 Å². The molecule has 60 valence electrons. The molecule has 0 bridgehead atoms. The van der Waals surface area contributed by atoms with Gasteiger partial charge in [0.2, 0.25) is 0 Å². The van der Waals surface area contributed by atoms with E-state index in [1.807, 2.05) is 6.92 Å². The molecule has 0 radical (unpaired) electrons. The molecule has 1 saturated carbocycles. The molecule has 0 spiro atoms. The van der Waals surface area contributed by atoms with Crippen LogP contribution in [0.25, 0.3) is 0 Å². The van der Waals surface area contributed by atoms with Gasteiger partial charge in [-0.15, -0.1) is 0 Å². The second-order valence-corrected chi connectivity index (χ2v) is 3.02. The van der Waals surface area contributed by atoms with Gasteiger partial charge in [0.1, 0.15) is 0 Å². The van der Waals surface area contributed by atoms with Crippen LogP contribution < -0.4 is 0 Å². The van der Waals surface area contributed by atoms with Gasteiger partial charge in [-0.25, -0.2) is 0 Å². The fourth-order valence-corrected chi connectivity index (χ4v) is 1.04. The highest BCUT2D eigenvalue weighted by Crippen LogP contribution is 2.39. The smallest absolute Gasteiger partial charge is 0.0650 e. The largest absolute Gasteiger partial charge is 0.390 e. The molecule has 1 aliphatic rings. The van der Waals surface area contributed by atoms with Crippen molar-refractivity contribution in [1.29, 1.82) is 0 Å². The van der Waals surface area contributed by atoms with Crippen molar-refractivity contribution in [1.82, 2.24) is 0 Å². The number of aliphatic hydroxyl groups is 1. The van der Waals surface area contributed by atoms with E-state index in [0.717, 1.165) is 38.9 Å². The summed E-state index contributed by atoms with van der Waals surface area (Å²) in [7, 11) is 0. The summed E-state index contributed by atoms with van der Waals surface area (Å²) in [6.45, 7) is 3.59. The van der Waals surface area contributed by atoms with E-state index in [4.69, 9.17) is 4.74 Å². The maximum atomic E-state index is 9.37. The summed E-state index contributed by atoms with van der Waals surface area (Å²) in [5, 5.41) is 9.37. The molecule has 0 unspecified atom stereocenters. The Labute approximate surface area is 62.2 Å². The number of hydrogen-bond acceptors (Lipinski definition) is 2. The Morgan fingerprint density at radius 3 is 2.70 bits per heavy atom. The average molecular weight is 144 g/mol. The molecule has 0 aromatic carbocycles. The van der Waals surface area contributed by atoms with Gasteiger partial charge in [-0.3, -0.25) is 0 Å². The van der Waals surface area contributed by atoms with Crippen molar-refractivity contribution >= 4 is 0 Å². The molecule has 1 rings (SSSR count). The standard InChI is InChI=1S/C8H16O2/c1-2-10-7-3-4-8(9)5-6-8/h9H,2-7H2,1H3. The fraction of sp³-hybridized carbons (Fsp3) is 1.00. The molecule has 0 saturated heterocycles. The quantitative estimate of drug-likeness (QED) is 0.590. The predicted octanol–water partition coefficient (Wildman–Crippen LogP) is 1.33. The lowest BCUT2D eigenvalue weighted by atomic mass is 10.2. The fourth-order valence-electron chi connectivity index (χ4n) is 1.04. The van der Waals surface area contributed by atoms with Crippen LogP contribution in [0.2, 0.25) is 0 Å². The zero-order valence-corrected chi connectivity index (χ0v) is 6.60. The van der Waals surface area contributed by atoms with Crippen LogP contribution in [0.4, 0.5) is 0 Å². The van der Waals surface area contributed by atoms with Gasteiger partial charge in [0.25, 0.3) is 0 Å². The van der Waals surface area contributed by atoms with E-state index in [2.05, 4.69) is 0 Å². The van der Waals surface area contributed by atoms with Crippen LogP contribution in [0, 0.1) is 0 Å². The zero-order valence-electron chi connectivity index (χ0n) is 6.60. The molecule has 0 heterocycles. The van der Waals surface area contributed by atoms with Gasteiger partial charge in [0.05, 0.1) is 5.60 Å². The lowest BCUT2D eigenvalue weighted by molar-refractivity contribution is 0.102. The van der Waals surface area contributed by atoms with Crippen LogP contribution in [0.15, 0.2) is 0 Å². The summed E-state index contributed by atoms with van der Waals surface area (Å²) in [5.41, 5.74) is -0.281. The van der Waals surface area contributed by atoms with E-state index in [1.165, 1.54) is 0 Å². The van der Waals surface area contributed by atoms with Gasteiger partial charge >= 0.3 is 0 Å². The van der Waals surface area contributed by atoms with Gasteiger partial charge < -0.3 is 9.84 Å². The van der Waals surface area contributed by atoms with Crippen molar-refractivity contribution in [3.05, 3.63) is 0 Å². The molecule has 0 aromatic heterocycles. The van der Waals surface area contributed by atoms with Crippen molar-refractivity contribution in [2.75, 3.05) is 13.2 Å². The summed E-state index contributed by atoms with van der Waals surface area (Å²) < 4.78 is 5.15. The summed E-state index contributed by atoms with van der Waals surface area (Å²) in [5.74, 6) is 0. The Morgan fingerprint density at radius 2 is 2.20 bits per heavy atom. The average Bonchev–Trinajstić information content (AvgIpc) is 2.62. The molecule has 0 aliphatic heterocycles. The van der Waals surface area contributed by atoms with Crippen molar-refractivity contribution < 1.29 is 9.84 Å². The van der Waals surface area contributed by atoms with Crippen LogP contribution in [0.1, 0.15) is 32.6 Å². The Hall–Kier alpha value is -0.0800. The Kier molecular flexibility index (Phi) is 2.69. The number of ether oxygens (including phenoxy) is 1. The van der Waals surface area contributed by atoms with Gasteiger partial charge in [0.15, 0.2) is 0 Å². The van der Waals surface area contributed by atoms with Crippen molar-refractivity contribution in [3.8, 4) is 0 Å². The molecular weight excluding hydrogens is 128 g/mol. The van der Waals surface area contributed by atoms with Gasteiger partial charge in [-0.2, -0.15) is 0 Å².